The molecule has 0 aromatic heterocycles. The van der Waals surface area contributed by atoms with E-state index in [9.17, 15) is 19.2 Å². The van der Waals surface area contributed by atoms with Gasteiger partial charge in [-0.15, -0.1) is 0 Å². The van der Waals surface area contributed by atoms with Gasteiger partial charge in [0, 0.05) is 16.2 Å². The number of nitrogens with one attached hydrogen (secondary N) is 2. The molecule has 1 aromatic carbocycles. The molecule has 0 saturated heterocycles. The average Bonchev–Trinajstić information content (AvgIpc) is 2.51. The van der Waals surface area contributed by atoms with E-state index in [0.717, 1.165) is 10.7 Å². The molecule has 0 fully saturated rings. The number of amides is 2. The average molecular weight is 448 g/mol. The van der Waals surface area contributed by atoms with Crippen molar-refractivity contribution in [2.75, 3.05) is 19.0 Å². The van der Waals surface area contributed by atoms with Crippen LogP contribution in [-0.2, 0) is 28.7 Å². The standard InChI is InChI=1S/C15H17IN2O6/c1-9(19)17-12(7-14(21)23-2)15(22)24-8-13(20)18-11-5-3-4-10(16)6-11/h3-6,12H,7-8H2,1-2H3,(H,17,19)(H,18,20)/t12-/m0/s1. The van der Waals surface area contributed by atoms with Crippen molar-refractivity contribution in [2.24, 2.45) is 0 Å². The van der Waals surface area contributed by atoms with E-state index in [4.69, 9.17) is 4.74 Å². The van der Waals surface area contributed by atoms with Crippen molar-refractivity contribution in [1.82, 2.24) is 5.32 Å². The molecule has 1 rings (SSSR count). The quantitative estimate of drug-likeness (QED) is 0.473. The van der Waals surface area contributed by atoms with Gasteiger partial charge >= 0.3 is 11.9 Å². The predicted octanol–water partition coefficient (Wildman–Crippen LogP) is 0.841. The van der Waals surface area contributed by atoms with Crippen molar-refractivity contribution in [3.63, 3.8) is 0 Å². The van der Waals surface area contributed by atoms with Crippen LogP contribution in [-0.4, -0.2) is 43.5 Å². The molecule has 0 aliphatic heterocycles. The van der Waals surface area contributed by atoms with E-state index >= 15 is 0 Å². The Hall–Kier alpha value is -2.17. The van der Waals surface area contributed by atoms with E-state index in [1.807, 2.05) is 6.07 Å². The lowest BCUT2D eigenvalue weighted by Gasteiger charge is -2.15. The Morgan fingerprint density at radius 2 is 1.96 bits per heavy atom. The Labute approximate surface area is 152 Å². The summed E-state index contributed by atoms with van der Waals surface area (Å²) in [6.07, 6.45) is -0.382. The zero-order valence-electron chi connectivity index (χ0n) is 13.1. The number of halogens is 1. The van der Waals surface area contributed by atoms with Crippen LogP contribution in [0, 0.1) is 3.57 Å². The SMILES string of the molecule is COC(=O)C[C@H](NC(C)=O)C(=O)OCC(=O)Nc1cccc(I)c1. The Morgan fingerprint density at radius 1 is 1.25 bits per heavy atom. The summed E-state index contributed by atoms with van der Waals surface area (Å²) >= 11 is 2.10. The van der Waals surface area contributed by atoms with E-state index in [2.05, 4.69) is 38.0 Å². The predicted molar refractivity (Wildman–Crippen MR) is 93.0 cm³/mol. The van der Waals surface area contributed by atoms with Crippen LogP contribution in [0.1, 0.15) is 13.3 Å². The summed E-state index contributed by atoms with van der Waals surface area (Å²) in [5, 5.41) is 4.85. The van der Waals surface area contributed by atoms with Gasteiger partial charge in [0.05, 0.1) is 13.5 Å². The largest absolute Gasteiger partial charge is 0.469 e. The second-order valence-electron chi connectivity index (χ2n) is 4.70. The van der Waals surface area contributed by atoms with Crippen molar-refractivity contribution in [3.8, 4) is 0 Å². The fourth-order valence-corrected chi connectivity index (χ4v) is 2.23. The molecular formula is C15H17IN2O6. The number of esters is 2. The van der Waals surface area contributed by atoms with Crippen molar-refractivity contribution in [3.05, 3.63) is 27.8 Å². The van der Waals surface area contributed by atoms with E-state index in [-0.39, 0.29) is 6.42 Å². The molecule has 0 unspecified atom stereocenters. The van der Waals surface area contributed by atoms with Crippen LogP contribution in [0.15, 0.2) is 24.3 Å². The van der Waals surface area contributed by atoms with Gasteiger partial charge in [-0.05, 0) is 40.8 Å². The summed E-state index contributed by atoms with van der Waals surface area (Å²) in [5.74, 6) is -2.63. The van der Waals surface area contributed by atoms with Gasteiger partial charge in [0.1, 0.15) is 6.04 Å². The fraction of sp³-hybridized carbons (Fsp3) is 0.333. The maximum Gasteiger partial charge on any atom is 0.329 e. The van der Waals surface area contributed by atoms with Gasteiger partial charge < -0.3 is 20.1 Å². The monoisotopic (exact) mass is 448 g/mol. The van der Waals surface area contributed by atoms with Crippen LogP contribution in [0.25, 0.3) is 0 Å². The van der Waals surface area contributed by atoms with E-state index in [1.165, 1.54) is 6.92 Å². The first-order chi connectivity index (χ1) is 11.3. The Bertz CT molecular complexity index is 634. The van der Waals surface area contributed by atoms with Gasteiger partial charge in [0.15, 0.2) is 6.61 Å². The van der Waals surface area contributed by atoms with Crippen LogP contribution in [0.3, 0.4) is 0 Å². The van der Waals surface area contributed by atoms with Crippen LogP contribution in [0.4, 0.5) is 5.69 Å². The number of rotatable bonds is 7. The molecule has 0 saturated carbocycles. The van der Waals surface area contributed by atoms with Crippen molar-refractivity contribution >= 4 is 52.0 Å². The minimum atomic E-state index is -1.21. The van der Waals surface area contributed by atoms with Crippen LogP contribution in [0.5, 0.6) is 0 Å². The van der Waals surface area contributed by atoms with Gasteiger partial charge in [0.2, 0.25) is 5.91 Å². The molecule has 0 heterocycles. The van der Waals surface area contributed by atoms with Crippen molar-refractivity contribution in [2.45, 2.75) is 19.4 Å². The van der Waals surface area contributed by atoms with Crippen LogP contribution >= 0.6 is 22.6 Å². The lowest BCUT2D eigenvalue weighted by Crippen LogP contribution is -2.43. The Kier molecular flexibility index (Phi) is 8.16. The fourth-order valence-electron chi connectivity index (χ4n) is 1.69. The van der Waals surface area contributed by atoms with Crippen molar-refractivity contribution in [1.29, 1.82) is 0 Å². The molecular weight excluding hydrogens is 431 g/mol. The topological polar surface area (TPSA) is 111 Å². The van der Waals surface area contributed by atoms with E-state index in [0.29, 0.717) is 5.69 Å². The molecule has 2 amide bonds. The number of ether oxygens (including phenoxy) is 2. The smallest absolute Gasteiger partial charge is 0.329 e. The molecule has 0 spiro atoms. The summed E-state index contributed by atoms with van der Waals surface area (Å²) in [4.78, 5) is 46.0. The highest BCUT2D eigenvalue weighted by Gasteiger charge is 2.25. The van der Waals surface area contributed by atoms with Crippen LogP contribution < -0.4 is 10.6 Å². The second-order valence-corrected chi connectivity index (χ2v) is 5.95. The summed E-state index contributed by atoms with van der Waals surface area (Å²) in [6, 6.07) is 5.87. The Balaban J connectivity index is 2.55. The van der Waals surface area contributed by atoms with Gasteiger partial charge in [-0.2, -0.15) is 0 Å². The third-order valence-corrected chi connectivity index (χ3v) is 3.39. The maximum absolute atomic E-state index is 11.9. The third kappa shape index (κ3) is 7.40. The van der Waals surface area contributed by atoms with Crippen molar-refractivity contribution < 1.29 is 28.7 Å². The maximum atomic E-state index is 11.9. The first-order valence-corrected chi connectivity index (χ1v) is 7.95. The molecule has 0 aliphatic rings. The highest BCUT2D eigenvalue weighted by Crippen LogP contribution is 2.12. The number of hydrogen-bond acceptors (Lipinski definition) is 6. The summed E-state index contributed by atoms with van der Waals surface area (Å²) in [5.41, 5.74) is 0.566. The van der Waals surface area contributed by atoms with Gasteiger partial charge in [-0.25, -0.2) is 4.79 Å². The molecule has 24 heavy (non-hydrogen) atoms. The van der Waals surface area contributed by atoms with Crippen LogP contribution in [0.2, 0.25) is 0 Å². The summed E-state index contributed by atoms with van der Waals surface area (Å²) in [7, 11) is 1.16. The number of carbonyl (C=O) groups is 4. The molecule has 0 aliphatic carbocycles. The number of carbonyl (C=O) groups excluding carboxylic acids is 4. The Morgan fingerprint density at radius 3 is 2.54 bits per heavy atom. The molecule has 8 nitrogen and oxygen atoms in total. The lowest BCUT2D eigenvalue weighted by molar-refractivity contribution is -0.154. The number of anilines is 1. The number of hydrogen-bond donors (Lipinski definition) is 2. The highest BCUT2D eigenvalue weighted by molar-refractivity contribution is 14.1. The van der Waals surface area contributed by atoms with E-state index < -0.39 is 36.4 Å². The minimum Gasteiger partial charge on any atom is -0.469 e. The van der Waals surface area contributed by atoms with Gasteiger partial charge in [-0.1, -0.05) is 6.07 Å². The second kappa shape index (κ2) is 9.85. The van der Waals surface area contributed by atoms with Gasteiger partial charge in [0.25, 0.3) is 5.91 Å². The molecule has 2 N–H and O–H groups in total. The summed E-state index contributed by atoms with van der Waals surface area (Å²) < 4.78 is 10.2. The molecule has 1 aromatic rings. The zero-order valence-corrected chi connectivity index (χ0v) is 15.3. The summed E-state index contributed by atoms with van der Waals surface area (Å²) in [6.45, 7) is 0.656. The third-order valence-electron chi connectivity index (χ3n) is 2.71. The molecule has 0 bridgehead atoms. The first-order valence-electron chi connectivity index (χ1n) is 6.87. The molecule has 130 valence electrons. The molecule has 9 heteroatoms. The highest BCUT2D eigenvalue weighted by atomic mass is 127. The number of benzene rings is 1. The van der Waals surface area contributed by atoms with Gasteiger partial charge in [-0.3, -0.25) is 14.4 Å². The normalized spacial score (nSPS) is 11.1. The molecule has 0 radical (unpaired) electrons. The zero-order chi connectivity index (χ0) is 18.1. The minimum absolute atomic E-state index is 0.382. The first kappa shape index (κ1) is 19.9. The molecule has 1 atom stereocenters. The van der Waals surface area contributed by atoms with E-state index in [1.54, 1.807) is 18.2 Å². The lowest BCUT2D eigenvalue weighted by atomic mass is 10.2. The number of methoxy groups -OCH3 is 1.